The summed E-state index contributed by atoms with van der Waals surface area (Å²) in [5.41, 5.74) is 0.532. The smallest absolute Gasteiger partial charge is 0.211 e. The Hall–Kier alpha value is -1.71. The van der Waals surface area contributed by atoms with Crippen molar-refractivity contribution in [2.24, 2.45) is 0 Å². The van der Waals surface area contributed by atoms with E-state index in [4.69, 9.17) is 0 Å². The molecule has 0 saturated carbocycles. The molecule has 4 nitrogen and oxygen atoms in total. The average Bonchev–Trinajstić information content (AvgIpc) is 2.15. The van der Waals surface area contributed by atoms with Gasteiger partial charge in [-0.1, -0.05) is 30.3 Å². The summed E-state index contributed by atoms with van der Waals surface area (Å²) in [6.45, 7) is -0.298. The molecule has 1 rings (SSSR count). The van der Waals surface area contributed by atoms with E-state index < -0.39 is 4.92 Å². The lowest BCUT2D eigenvalue weighted by Gasteiger charge is -1.96. The van der Waals surface area contributed by atoms with E-state index in [1.807, 2.05) is 0 Å². The van der Waals surface area contributed by atoms with Crippen LogP contribution in [-0.4, -0.2) is 17.3 Å². The molecule has 0 N–H and O–H groups in total. The van der Waals surface area contributed by atoms with Crippen LogP contribution in [0.2, 0.25) is 0 Å². The zero-order chi connectivity index (χ0) is 9.68. The Bertz CT molecular complexity index is 308. The first kappa shape index (κ1) is 9.38. The Morgan fingerprint density at radius 1 is 1.31 bits per heavy atom. The fourth-order valence-corrected chi connectivity index (χ4v) is 0.961. The van der Waals surface area contributed by atoms with Crippen LogP contribution in [-0.2, 0) is 0 Å². The summed E-state index contributed by atoms with van der Waals surface area (Å²) >= 11 is 0. The van der Waals surface area contributed by atoms with E-state index in [1.54, 1.807) is 30.3 Å². The predicted molar refractivity (Wildman–Crippen MR) is 47.3 cm³/mol. The van der Waals surface area contributed by atoms with Gasteiger partial charge in [-0.15, -0.1) is 0 Å². The normalized spacial score (nSPS) is 9.54. The second kappa shape index (κ2) is 4.35. The van der Waals surface area contributed by atoms with Crippen LogP contribution in [0.15, 0.2) is 30.3 Å². The molecule has 0 bridgehead atoms. The number of nitrogens with zero attached hydrogens (tertiary/aromatic N) is 1. The van der Waals surface area contributed by atoms with Crippen molar-refractivity contribution in [2.45, 2.75) is 6.42 Å². The van der Waals surface area contributed by atoms with Gasteiger partial charge in [-0.2, -0.15) is 0 Å². The van der Waals surface area contributed by atoms with Gasteiger partial charge in [0.15, 0.2) is 5.78 Å². The second-order valence-electron chi connectivity index (χ2n) is 2.60. The molecule has 68 valence electrons. The largest absolute Gasteiger partial charge is 0.294 e. The highest BCUT2D eigenvalue weighted by molar-refractivity contribution is 5.95. The first-order valence-electron chi connectivity index (χ1n) is 3.90. The lowest BCUT2D eigenvalue weighted by atomic mass is 10.1. The van der Waals surface area contributed by atoms with Crippen LogP contribution < -0.4 is 0 Å². The summed E-state index contributed by atoms with van der Waals surface area (Å²) in [6, 6.07) is 8.58. The van der Waals surface area contributed by atoms with Crippen molar-refractivity contribution in [1.29, 1.82) is 0 Å². The maximum absolute atomic E-state index is 11.2. The molecule has 0 aromatic heterocycles. The molecule has 0 unspecified atom stereocenters. The van der Waals surface area contributed by atoms with Gasteiger partial charge in [0.1, 0.15) is 0 Å². The molecule has 1 aromatic carbocycles. The van der Waals surface area contributed by atoms with Gasteiger partial charge in [0, 0.05) is 10.5 Å². The lowest BCUT2D eigenvalue weighted by Crippen LogP contribution is -2.08. The zero-order valence-corrected chi connectivity index (χ0v) is 6.97. The molecule has 1 aromatic rings. The Labute approximate surface area is 75.3 Å². The van der Waals surface area contributed by atoms with Crippen LogP contribution in [0.4, 0.5) is 0 Å². The van der Waals surface area contributed by atoms with Gasteiger partial charge >= 0.3 is 0 Å². The van der Waals surface area contributed by atoms with Crippen LogP contribution in [0.5, 0.6) is 0 Å². The quantitative estimate of drug-likeness (QED) is 0.400. The summed E-state index contributed by atoms with van der Waals surface area (Å²) in [5.74, 6) is -0.183. The maximum Gasteiger partial charge on any atom is 0.211 e. The van der Waals surface area contributed by atoms with Crippen molar-refractivity contribution >= 4 is 5.78 Å². The molecule has 0 spiro atoms. The first-order chi connectivity index (χ1) is 6.20. The van der Waals surface area contributed by atoms with Crippen LogP contribution in [0.3, 0.4) is 0 Å². The minimum Gasteiger partial charge on any atom is -0.294 e. The van der Waals surface area contributed by atoms with Gasteiger partial charge in [-0.05, 0) is 0 Å². The Morgan fingerprint density at radius 3 is 2.46 bits per heavy atom. The lowest BCUT2D eigenvalue weighted by molar-refractivity contribution is -0.478. The molecule has 0 aliphatic carbocycles. The van der Waals surface area contributed by atoms with E-state index in [-0.39, 0.29) is 18.7 Å². The molecule has 0 saturated heterocycles. The summed E-state index contributed by atoms with van der Waals surface area (Å²) < 4.78 is 0. The standard InChI is InChI=1S/C9H9NO3/c11-9(6-7-10(12)13)8-4-2-1-3-5-8/h1-5H,6-7H2. The van der Waals surface area contributed by atoms with Crippen molar-refractivity contribution in [3.05, 3.63) is 46.0 Å². The van der Waals surface area contributed by atoms with Crippen molar-refractivity contribution in [3.63, 3.8) is 0 Å². The van der Waals surface area contributed by atoms with Crippen molar-refractivity contribution < 1.29 is 9.72 Å². The maximum atomic E-state index is 11.2. The summed E-state index contributed by atoms with van der Waals surface area (Å²) in [7, 11) is 0. The van der Waals surface area contributed by atoms with Crippen molar-refractivity contribution in [2.75, 3.05) is 6.54 Å². The third kappa shape index (κ3) is 3.02. The number of rotatable bonds is 4. The molecule has 0 atom stereocenters. The number of carbonyl (C=O) groups excluding carboxylic acids is 1. The highest BCUT2D eigenvalue weighted by Gasteiger charge is 2.08. The molecule has 0 heterocycles. The summed E-state index contributed by atoms with van der Waals surface area (Å²) in [4.78, 5) is 20.7. The van der Waals surface area contributed by atoms with Gasteiger partial charge in [-0.3, -0.25) is 14.9 Å². The van der Waals surface area contributed by atoms with Gasteiger partial charge in [0.25, 0.3) is 0 Å². The number of Topliss-reactive ketones (excluding diaryl/α,β-unsaturated/α-hetero) is 1. The van der Waals surface area contributed by atoms with E-state index in [9.17, 15) is 14.9 Å². The highest BCUT2D eigenvalue weighted by atomic mass is 16.6. The minimum absolute atomic E-state index is 0.0307. The fourth-order valence-electron chi connectivity index (χ4n) is 0.961. The molecule has 0 aliphatic heterocycles. The van der Waals surface area contributed by atoms with E-state index in [2.05, 4.69) is 0 Å². The Kier molecular flexibility index (Phi) is 3.14. The zero-order valence-electron chi connectivity index (χ0n) is 6.97. The molecule has 0 radical (unpaired) electrons. The number of hydrogen-bond donors (Lipinski definition) is 0. The van der Waals surface area contributed by atoms with E-state index in [1.165, 1.54) is 0 Å². The van der Waals surface area contributed by atoms with E-state index in [0.717, 1.165) is 0 Å². The van der Waals surface area contributed by atoms with E-state index >= 15 is 0 Å². The SMILES string of the molecule is O=C(CC[N+](=O)[O-])c1ccccc1. The first-order valence-corrected chi connectivity index (χ1v) is 3.90. The minimum atomic E-state index is -0.485. The van der Waals surface area contributed by atoms with Crippen LogP contribution in [0.1, 0.15) is 16.8 Å². The number of nitro groups is 1. The van der Waals surface area contributed by atoms with Gasteiger partial charge in [-0.25, -0.2) is 0 Å². The van der Waals surface area contributed by atoms with Crippen molar-refractivity contribution in [3.8, 4) is 0 Å². The molecular weight excluding hydrogens is 170 g/mol. The molecule has 0 aliphatic rings. The number of ketones is 1. The number of hydrogen-bond acceptors (Lipinski definition) is 3. The number of benzene rings is 1. The molecular formula is C9H9NO3. The molecule has 0 amide bonds. The van der Waals surface area contributed by atoms with Crippen molar-refractivity contribution in [1.82, 2.24) is 0 Å². The summed E-state index contributed by atoms with van der Waals surface area (Å²) in [6.07, 6.45) is -0.0307. The third-order valence-corrected chi connectivity index (χ3v) is 1.62. The molecule has 4 heteroatoms. The van der Waals surface area contributed by atoms with Gasteiger partial charge in [0.2, 0.25) is 6.54 Å². The predicted octanol–water partition coefficient (Wildman–Crippen LogP) is 1.54. The summed E-state index contributed by atoms with van der Waals surface area (Å²) in [5, 5.41) is 9.99. The second-order valence-corrected chi connectivity index (χ2v) is 2.60. The van der Waals surface area contributed by atoms with E-state index in [0.29, 0.717) is 5.56 Å². The highest BCUT2D eigenvalue weighted by Crippen LogP contribution is 2.02. The topological polar surface area (TPSA) is 60.2 Å². The monoisotopic (exact) mass is 179 g/mol. The molecule has 13 heavy (non-hydrogen) atoms. The third-order valence-electron chi connectivity index (χ3n) is 1.62. The molecule has 0 fully saturated rings. The average molecular weight is 179 g/mol. The Morgan fingerprint density at radius 2 is 1.92 bits per heavy atom. The van der Waals surface area contributed by atoms with Crippen LogP contribution in [0, 0.1) is 10.1 Å². The fraction of sp³-hybridized carbons (Fsp3) is 0.222. The van der Waals surface area contributed by atoms with Crippen LogP contribution in [0.25, 0.3) is 0 Å². The van der Waals surface area contributed by atoms with Gasteiger partial charge in [0.05, 0.1) is 6.42 Å². The number of carbonyl (C=O) groups is 1. The van der Waals surface area contributed by atoms with Gasteiger partial charge < -0.3 is 0 Å². The Balaban J connectivity index is 2.54. The van der Waals surface area contributed by atoms with Crippen LogP contribution >= 0.6 is 0 Å².